The summed E-state index contributed by atoms with van der Waals surface area (Å²) in [4.78, 5) is 0. The molecule has 0 amide bonds. The molecule has 90 valence electrons. The standard InChI is InChI=1S/C11H16ClNO2S/c1-8(2)13-10-4-5-11(12)9(6-10)7-16(3,14)15/h4-6,8,13H,7H2,1-3H3. The van der Waals surface area contributed by atoms with Crippen molar-refractivity contribution < 1.29 is 8.42 Å². The van der Waals surface area contributed by atoms with Crippen molar-refractivity contribution in [3.8, 4) is 0 Å². The maximum Gasteiger partial charge on any atom is 0.151 e. The lowest BCUT2D eigenvalue weighted by Crippen LogP contribution is -2.10. The van der Waals surface area contributed by atoms with Gasteiger partial charge in [0.2, 0.25) is 0 Å². The van der Waals surface area contributed by atoms with Crippen molar-refractivity contribution in [2.24, 2.45) is 0 Å². The molecule has 1 N–H and O–H groups in total. The number of benzene rings is 1. The van der Waals surface area contributed by atoms with Gasteiger partial charge in [0.05, 0.1) is 5.75 Å². The summed E-state index contributed by atoms with van der Waals surface area (Å²) in [6.07, 6.45) is 1.20. The summed E-state index contributed by atoms with van der Waals surface area (Å²) in [5.74, 6) is -0.0283. The predicted molar refractivity (Wildman–Crippen MR) is 68.8 cm³/mol. The molecule has 0 atom stereocenters. The van der Waals surface area contributed by atoms with Crippen molar-refractivity contribution in [1.29, 1.82) is 0 Å². The van der Waals surface area contributed by atoms with Crippen LogP contribution in [0.1, 0.15) is 19.4 Å². The van der Waals surface area contributed by atoms with Crippen LogP contribution in [0.5, 0.6) is 0 Å². The summed E-state index contributed by atoms with van der Waals surface area (Å²) < 4.78 is 22.4. The first-order valence-corrected chi connectivity index (χ1v) is 7.44. The summed E-state index contributed by atoms with van der Waals surface area (Å²) >= 11 is 5.95. The molecule has 0 radical (unpaired) electrons. The van der Waals surface area contributed by atoms with Gasteiger partial charge >= 0.3 is 0 Å². The molecule has 0 saturated carbocycles. The maximum absolute atomic E-state index is 11.2. The van der Waals surface area contributed by atoms with Crippen molar-refractivity contribution in [3.63, 3.8) is 0 Å². The van der Waals surface area contributed by atoms with E-state index in [4.69, 9.17) is 11.6 Å². The van der Waals surface area contributed by atoms with Crippen LogP contribution in [0.15, 0.2) is 18.2 Å². The lowest BCUT2D eigenvalue weighted by atomic mass is 10.2. The molecule has 0 saturated heterocycles. The molecule has 0 heterocycles. The third-order valence-corrected chi connectivity index (χ3v) is 3.12. The largest absolute Gasteiger partial charge is 0.383 e. The van der Waals surface area contributed by atoms with Crippen molar-refractivity contribution in [2.75, 3.05) is 11.6 Å². The zero-order chi connectivity index (χ0) is 12.3. The third-order valence-electron chi connectivity index (χ3n) is 1.92. The Bertz CT molecular complexity index is 469. The Morgan fingerprint density at radius 3 is 2.50 bits per heavy atom. The predicted octanol–water partition coefficient (Wildman–Crippen LogP) is 2.70. The molecule has 0 aromatic heterocycles. The molecule has 5 heteroatoms. The number of halogens is 1. The smallest absolute Gasteiger partial charge is 0.151 e. The Hall–Kier alpha value is -0.740. The van der Waals surface area contributed by atoms with E-state index in [0.717, 1.165) is 5.69 Å². The van der Waals surface area contributed by atoms with E-state index in [0.29, 0.717) is 16.6 Å². The summed E-state index contributed by atoms with van der Waals surface area (Å²) in [6.45, 7) is 4.04. The van der Waals surface area contributed by atoms with Crippen LogP contribution in [-0.4, -0.2) is 20.7 Å². The van der Waals surface area contributed by atoms with Gasteiger partial charge in [-0.3, -0.25) is 0 Å². The highest BCUT2D eigenvalue weighted by Gasteiger charge is 2.09. The van der Waals surface area contributed by atoms with Crippen molar-refractivity contribution in [2.45, 2.75) is 25.6 Å². The van der Waals surface area contributed by atoms with Gasteiger partial charge in [-0.25, -0.2) is 8.42 Å². The Labute approximate surface area is 102 Å². The fourth-order valence-corrected chi connectivity index (χ4v) is 2.46. The molecule has 0 unspecified atom stereocenters. The van der Waals surface area contributed by atoms with Gasteiger partial charge in [0.1, 0.15) is 0 Å². The number of nitrogens with one attached hydrogen (secondary N) is 1. The summed E-state index contributed by atoms with van der Waals surface area (Å²) in [5, 5.41) is 3.69. The molecular formula is C11H16ClNO2S. The zero-order valence-electron chi connectivity index (χ0n) is 9.62. The SMILES string of the molecule is CC(C)Nc1ccc(Cl)c(CS(C)(=O)=O)c1. The van der Waals surface area contributed by atoms with Crippen LogP contribution in [0.25, 0.3) is 0 Å². The van der Waals surface area contributed by atoms with Gasteiger partial charge < -0.3 is 5.32 Å². The average Bonchev–Trinajstić information content (AvgIpc) is 2.07. The minimum atomic E-state index is -3.06. The fraction of sp³-hybridized carbons (Fsp3) is 0.455. The molecule has 0 fully saturated rings. The Kier molecular flexibility index (Phi) is 4.21. The van der Waals surface area contributed by atoms with Crippen LogP contribution in [0.4, 0.5) is 5.69 Å². The highest BCUT2D eigenvalue weighted by molar-refractivity contribution is 7.89. The van der Waals surface area contributed by atoms with E-state index in [1.165, 1.54) is 6.26 Å². The molecular weight excluding hydrogens is 246 g/mol. The number of hydrogen-bond donors (Lipinski definition) is 1. The van der Waals surface area contributed by atoms with Crippen molar-refractivity contribution in [3.05, 3.63) is 28.8 Å². The number of rotatable bonds is 4. The first kappa shape index (κ1) is 13.3. The molecule has 0 aliphatic rings. The van der Waals surface area contributed by atoms with Crippen LogP contribution in [0.2, 0.25) is 5.02 Å². The quantitative estimate of drug-likeness (QED) is 0.907. The molecule has 1 aromatic rings. The topological polar surface area (TPSA) is 46.2 Å². The van der Waals surface area contributed by atoms with E-state index in [9.17, 15) is 8.42 Å². The third kappa shape index (κ3) is 4.41. The normalized spacial score (nSPS) is 11.8. The summed E-state index contributed by atoms with van der Waals surface area (Å²) in [6, 6.07) is 5.64. The van der Waals surface area contributed by atoms with Crippen LogP contribution >= 0.6 is 11.6 Å². The van der Waals surface area contributed by atoms with E-state index in [2.05, 4.69) is 5.32 Å². The zero-order valence-corrected chi connectivity index (χ0v) is 11.2. The second kappa shape index (κ2) is 5.06. The average molecular weight is 262 g/mol. The molecule has 1 aromatic carbocycles. The van der Waals surface area contributed by atoms with E-state index < -0.39 is 9.84 Å². The van der Waals surface area contributed by atoms with E-state index in [1.54, 1.807) is 12.1 Å². The Balaban J connectivity index is 2.99. The Morgan fingerprint density at radius 2 is 2.00 bits per heavy atom. The van der Waals surface area contributed by atoms with Gasteiger partial charge in [0, 0.05) is 23.0 Å². The molecule has 16 heavy (non-hydrogen) atoms. The van der Waals surface area contributed by atoms with Gasteiger partial charge in [0.25, 0.3) is 0 Å². The first-order valence-electron chi connectivity index (χ1n) is 5.00. The maximum atomic E-state index is 11.2. The molecule has 0 aliphatic heterocycles. The van der Waals surface area contributed by atoms with Crippen LogP contribution < -0.4 is 5.32 Å². The summed E-state index contributed by atoms with van der Waals surface area (Å²) in [5.41, 5.74) is 1.52. The number of sulfone groups is 1. The molecule has 1 rings (SSSR count). The van der Waals surface area contributed by atoms with Crippen molar-refractivity contribution in [1.82, 2.24) is 0 Å². The van der Waals surface area contributed by atoms with E-state index in [1.807, 2.05) is 19.9 Å². The highest BCUT2D eigenvalue weighted by atomic mass is 35.5. The van der Waals surface area contributed by atoms with Crippen LogP contribution in [0.3, 0.4) is 0 Å². The second-order valence-corrected chi connectivity index (χ2v) is 6.72. The molecule has 3 nitrogen and oxygen atoms in total. The van der Waals surface area contributed by atoms with Gasteiger partial charge in [0.15, 0.2) is 9.84 Å². The Morgan fingerprint density at radius 1 is 1.38 bits per heavy atom. The van der Waals surface area contributed by atoms with Crippen molar-refractivity contribution >= 4 is 27.1 Å². The minimum Gasteiger partial charge on any atom is -0.383 e. The van der Waals surface area contributed by atoms with E-state index in [-0.39, 0.29) is 5.75 Å². The van der Waals surface area contributed by atoms with Gasteiger partial charge in [-0.2, -0.15) is 0 Å². The lowest BCUT2D eigenvalue weighted by Gasteiger charge is -2.12. The van der Waals surface area contributed by atoms with Crippen LogP contribution in [0, 0.1) is 0 Å². The fourth-order valence-electron chi connectivity index (χ4n) is 1.39. The molecule has 0 aliphatic carbocycles. The lowest BCUT2D eigenvalue weighted by molar-refractivity contribution is 0.601. The van der Waals surface area contributed by atoms with E-state index >= 15 is 0 Å². The number of anilines is 1. The van der Waals surface area contributed by atoms with Crippen LogP contribution in [-0.2, 0) is 15.6 Å². The highest BCUT2D eigenvalue weighted by Crippen LogP contribution is 2.22. The summed E-state index contributed by atoms with van der Waals surface area (Å²) in [7, 11) is -3.06. The first-order chi connectivity index (χ1) is 7.28. The van der Waals surface area contributed by atoms with Gasteiger partial charge in [-0.05, 0) is 37.6 Å². The minimum absolute atomic E-state index is 0.0283. The second-order valence-electron chi connectivity index (χ2n) is 4.18. The van der Waals surface area contributed by atoms with Gasteiger partial charge in [-0.15, -0.1) is 0 Å². The van der Waals surface area contributed by atoms with Gasteiger partial charge in [-0.1, -0.05) is 11.6 Å². The molecule has 0 spiro atoms. The molecule has 0 bridgehead atoms. The number of hydrogen-bond acceptors (Lipinski definition) is 3. The monoisotopic (exact) mass is 261 g/mol.